The average molecular weight is 241 g/mol. The molecule has 0 radical (unpaired) electrons. The van der Waals surface area contributed by atoms with Gasteiger partial charge in [-0.25, -0.2) is 0 Å². The average Bonchev–Trinajstić information content (AvgIpc) is 2.39. The van der Waals surface area contributed by atoms with E-state index in [1.807, 2.05) is 12.3 Å². The van der Waals surface area contributed by atoms with Gasteiger partial charge in [0.1, 0.15) is 0 Å². The van der Waals surface area contributed by atoms with E-state index in [1.165, 1.54) is 5.69 Å². The van der Waals surface area contributed by atoms with E-state index in [2.05, 4.69) is 22.9 Å². The molecule has 1 aliphatic rings. The molecule has 0 aliphatic carbocycles. The van der Waals surface area contributed by atoms with Crippen LogP contribution in [0.15, 0.2) is 18.3 Å². The molecule has 4 heteroatoms. The predicted octanol–water partition coefficient (Wildman–Crippen LogP) is 2.44. The van der Waals surface area contributed by atoms with Gasteiger partial charge in [-0.1, -0.05) is 6.92 Å². The van der Waals surface area contributed by atoms with Crippen LogP contribution in [0.25, 0.3) is 0 Å². The molecular weight excluding hydrogens is 224 g/mol. The summed E-state index contributed by atoms with van der Waals surface area (Å²) in [5, 5.41) is 0. The summed E-state index contributed by atoms with van der Waals surface area (Å²) in [5.74, 6) is 0.468. The number of hydrogen-bond donors (Lipinski definition) is 0. The van der Waals surface area contributed by atoms with Crippen LogP contribution in [0.2, 0.25) is 0 Å². The third kappa shape index (κ3) is 2.66. The lowest BCUT2D eigenvalue weighted by Gasteiger charge is -2.34. The first-order valence-corrected chi connectivity index (χ1v) is 6.24. The van der Waals surface area contributed by atoms with Gasteiger partial charge in [-0.15, -0.1) is 11.6 Å². The normalized spacial score (nSPS) is 21.1. The van der Waals surface area contributed by atoms with E-state index in [4.69, 9.17) is 16.3 Å². The van der Waals surface area contributed by atoms with E-state index in [9.17, 15) is 0 Å². The van der Waals surface area contributed by atoms with Crippen LogP contribution < -0.4 is 4.90 Å². The van der Waals surface area contributed by atoms with Crippen molar-refractivity contribution in [1.29, 1.82) is 0 Å². The standard InChI is InChI=1S/C12H17ClN2O/c1-2-12-9-15(5-6-16-12)11-3-4-14-10(7-11)8-13/h3-4,7,12H,2,5-6,8-9H2,1H3. The molecule has 0 spiro atoms. The number of aromatic nitrogens is 1. The van der Waals surface area contributed by atoms with Crippen molar-refractivity contribution in [2.24, 2.45) is 0 Å². The molecule has 0 bridgehead atoms. The summed E-state index contributed by atoms with van der Waals surface area (Å²) in [7, 11) is 0. The van der Waals surface area contributed by atoms with Crippen molar-refractivity contribution in [3.63, 3.8) is 0 Å². The van der Waals surface area contributed by atoms with E-state index >= 15 is 0 Å². The molecule has 1 aromatic heterocycles. The Labute approximate surface area is 101 Å². The first-order valence-electron chi connectivity index (χ1n) is 5.71. The van der Waals surface area contributed by atoms with Crippen LogP contribution in [-0.4, -0.2) is 30.8 Å². The van der Waals surface area contributed by atoms with Gasteiger partial charge in [0.25, 0.3) is 0 Å². The molecule has 3 nitrogen and oxygen atoms in total. The first-order chi connectivity index (χ1) is 7.83. The van der Waals surface area contributed by atoms with Gasteiger partial charge in [-0.05, 0) is 18.6 Å². The van der Waals surface area contributed by atoms with Gasteiger partial charge in [0.05, 0.1) is 24.3 Å². The Morgan fingerprint density at radius 1 is 1.62 bits per heavy atom. The lowest BCUT2D eigenvalue weighted by Crippen LogP contribution is -2.42. The van der Waals surface area contributed by atoms with Crippen molar-refractivity contribution in [2.45, 2.75) is 25.3 Å². The zero-order chi connectivity index (χ0) is 11.4. The Bertz CT molecular complexity index is 346. The van der Waals surface area contributed by atoms with Crippen molar-refractivity contribution in [1.82, 2.24) is 4.98 Å². The second-order valence-electron chi connectivity index (χ2n) is 3.99. The van der Waals surface area contributed by atoms with Crippen molar-refractivity contribution >= 4 is 17.3 Å². The first kappa shape index (κ1) is 11.7. The zero-order valence-electron chi connectivity index (χ0n) is 9.53. The summed E-state index contributed by atoms with van der Waals surface area (Å²) in [6, 6.07) is 4.10. The number of rotatable bonds is 3. The summed E-state index contributed by atoms with van der Waals surface area (Å²) >= 11 is 5.79. The van der Waals surface area contributed by atoms with E-state index < -0.39 is 0 Å². The second-order valence-corrected chi connectivity index (χ2v) is 4.25. The minimum absolute atomic E-state index is 0.348. The largest absolute Gasteiger partial charge is 0.375 e. The van der Waals surface area contributed by atoms with E-state index in [0.717, 1.165) is 31.8 Å². The summed E-state index contributed by atoms with van der Waals surface area (Å²) in [5.41, 5.74) is 2.13. The highest BCUT2D eigenvalue weighted by molar-refractivity contribution is 6.16. The van der Waals surface area contributed by atoms with Crippen LogP contribution in [0.5, 0.6) is 0 Å². The van der Waals surface area contributed by atoms with Crippen LogP contribution >= 0.6 is 11.6 Å². The highest BCUT2D eigenvalue weighted by Crippen LogP contribution is 2.19. The quantitative estimate of drug-likeness (QED) is 0.759. The smallest absolute Gasteiger partial charge is 0.0748 e. The third-order valence-electron chi connectivity index (χ3n) is 2.90. The number of ether oxygens (including phenoxy) is 1. The van der Waals surface area contributed by atoms with Gasteiger partial charge >= 0.3 is 0 Å². The monoisotopic (exact) mass is 240 g/mol. The maximum absolute atomic E-state index is 5.79. The van der Waals surface area contributed by atoms with Gasteiger partial charge < -0.3 is 9.64 Å². The number of anilines is 1. The van der Waals surface area contributed by atoms with Gasteiger partial charge in [0, 0.05) is 25.0 Å². The van der Waals surface area contributed by atoms with Gasteiger partial charge in [0.2, 0.25) is 0 Å². The summed E-state index contributed by atoms with van der Waals surface area (Å²) < 4.78 is 5.65. The number of nitrogens with zero attached hydrogens (tertiary/aromatic N) is 2. The van der Waals surface area contributed by atoms with E-state index in [-0.39, 0.29) is 0 Å². The predicted molar refractivity (Wildman–Crippen MR) is 66.0 cm³/mol. The van der Waals surface area contributed by atoms with Crippen LogP contribution in [0.1, 0.15) is 19.0 Å². The minimum Gasteiger partial charge on any atom is -0.375 e. The highest BCUT2D eigenvalue weighted by Gasteiger charge is 2.19. The number of hydrogen-bond acceptors (Lipinski definition) is 3. The summed E-state index contributed by atoms with van der Waals surface area (Å²) in [4.78, 5) is 6.54. The van der Waals surface area contributed by atoms with Gasteiger partial charge in [-0.3, -0.25) is 4.98 Å². The fourth-order valence-electron chi connectivity index (χ4n) is 1.94. The Morgan fingerprint density at radius 2 is 2.50 bits per heavy atom. The SMILES string of the molecule is CCC1CN(c2ccnc(CCl)c2)CCO1. The molecule has 2 heterocycles. The van der Waals surface area contributed by atoms with Crippen LogP contribution in [0.3, 0.4) is 0 Å². The zero-order valence-corrected chi connectivity index (χ0v) is 10.3. The van der Waals surface area contributed by atoms with Crippen molar-refractivity contribution in [3.8, 4) is 0 Å². The molecule has 0 saturated carbocycles. The molecule has 1 aromatic rings. The number of alkyl halides is 1. The highest BCUT2D eigenvalue weighted by atomic mass is 35.5. The molecule has 0 N–H and O–H groups in total. The van der Waals surface area contributed by atoms with Gasteiger partial charge in [0.15, 0.2) is 0 Å². The Kier molecular flexibility index (Phi) is 4.02. The van der Waals surface area contributed by atoms with Crippen LogP contribution in [-0.2, 0) is 10.6 Å². The third-order valence-corrected chi connectivity index (χ3v) is 3.17. The van der Waals surface area contributed by atoms with Crippen molar-refractivity contribution in [2.75, 3.05) is 24.6 Å². The molecule has 1 saturated heterocycles. The summed E-state index contributed by atoms with van der Waals surface area (Å²) in [6.07, 6.45) is 3.23. The van der Waals surface area contributed by atoms with Crippen molar-refractivity contribution in [3.05, 3.63) is 24.0 Å². The molecule has 1 atom stereocenters. The Morgan fingerprint density at radius 3 is 3.25 bits per heavy atom. The van der Waals surface area contributed by atoms with Gasteiger partial charge in [-0.2, -0.15) is 0 Å². The Hall–Kier alpha value is -0.800. The van der Waals surface area contributed by atoms with Crippen molar-refractivity contribution < 1.29 is 4.74 Å². The maximum Gasteiger partial charge on any atom is 0.0748 e. The number of morpholine rings is 1. The topological polar surface area (TPSA) is 25.4 Å². The molecule has 1 aliphatic heterocycles. The van der Waals surface area contributed by atoms with E-state index in [0.29, 0.717) is 12.0 Å². The minimum atomic E-state index is 0.348. The summed E-state index contributed by atoms with van der Waals surface area (Å²) in [6.45, 7) is 4.87. The number of halogens is 1. The molecule has 0 amide bonds. The fraction of sp³-hybridized carbons (Fsp3) is 0.583. The number of pyridine rings is 1. The fourth-order valence-corrected chi connectivity index (χ4v) is 2.08. The lowest BCUT2D eigenvalue weighted by molar-refractivity contribution is 0.0384. The molecule has 2 rings (SSSR count). The second kappa shape index (κ2) is 5.51. The lowest BCUT2D eigenvalue weighted by atomic mass is 10.2. The van der Waals surface area contributed by atoms with Crippen LogP contribution in [0, 0.1) is 0 Å². The maximum atomic E-state index is 5.79. The molecule has 1 unspecified atom stereocenters. The molecule has 1 fully saturated rings. The Balaban J connectivity index is 2.10. The molecular formula is C12H17ClN2O. The van der Waals surface area contributed by atoms with Crippen LogP contribution in [0.4, 0.5) is 5.69 Å². The molecule has 16 heavy (non-hydrogen) atoms. The molecule has 0 aromatic carbocycles. The molecule has 88 valence electrons. The van der Waals surface area contributed by atoms with E-state index in [1.54, 1.807) is 0 Å².